The maximum Gasteiger partial charge on any atom is 0.165 e. The normalized spacial score (nSPS) is 12.6. The van der Waals surface area contributed by atoms with Gasteiger partial charge in [0.25, 0.3) is 0 Å². The van der Waals surface area contributed by atoms with Crippen molar-refractivity contribution in [1.82, 2.24) is 9.97 Å². The van der Waals surface area contributed by atoms with Crippen LogP contribution in [-0.4, -0.2) is 36.9 Å². The summed E-state index contributed by atoms with van der Waals surface area (Å²) >= 11 is 0. The number of hydrogen-bond donors (Lipinski definition) is 2. The SMILES string of the molecule is CNc1ccc(-c2cnc(Nc3ccc(N(C)C)nc3)cc2C)c2c1C(=O)CC2. The minimum atomic E-state index is 0.212. The standard InChI is InChI=1S/C23H25N5O/c1-14-11-21(27-15-5-10-22(26-12-15)28(3)4)25-13-18(14)16-6-8-19(24-2)23-17(16)7-9-20(23)29/h5-6,8,10-13,24H,7,9H2,1-4H3,(H,25,27). The maximum absolute atomic E-state index is 12.4. The fourth-order valence-electron chi connectivity index (χ4n) is 3.83. The van der Waals surface area contributed by atoms with Gasteiger partial charge in [-0.25, -0.2) is 9.97 Å². The third-order valence-electron chi connectivity index (χ3n) is 5.34. The number of ketones is 1. The number of pyridine rings is 2. The molecule has 1 aromatic carbocycles. The zero-order valence-electron chi connectivity index (χ0n) is 17.2. The average molecular weight is 387 g/mol. The Balaban J connectivity index is 1.64. The number of rotatable bonds is 5. The van der Waals surface area contributed by atoms with E-state index in [1.54, 1.807) is 6.20 Å². The van der Waals surface area contributed by atoms with Crippen LogP contribution < -0.4 is 15.5 Å². The van der Waals surface area contributed by atoms with Crippen LogP contribution in [0.5, 0.6) is 0 Å². The van der Waals surface area contributed by atoms with Gasteiger partial charge in [-0.3, -0.25) is 4.79 Å². The predicted octanol–water partition coefficient (Wildman–Crippen LogP) is 4.43. The number of fused-ring (bicyclic) bond motifs is 1. The molecular weight excluding hydrogens is 362 g/mol. The van der Waals surface area contributed by atoms with Crippen molar-refractivity contribution in [3.05, 3.63) is 59.4 Å². The summed E-state index contributed by atoms with van der Waals surface area (Å²) < 4.78 is 0. The zero-order valence-corrected chi connectivity index (χ0v) is 17.2. The highest BCUT2D eigenvalue weighted by Gasteiger charge is 2.26. The van der Waals surface area contributed by atoms with Crippen LogP contribution in [0, 0.1) is 6.92 Å². The summed E-state index contributed by atoms with van der Waals surface area (Å²) in [7, 11) is 5.78. The topological polar surface area (TPSA) is 70.2 Å². The average Bonchev–Trinajstić information content (AvgIpc) is 3.10. The van der Waals surface area contributed by atoms with Crippen molar-refractivity contribution in [2.75, 3.05) is 36.7 Å². The summed E-state index contributed by atoms with van der Waals surface area (Å²) in [5.74, 6) is 1.89. The molecule has 2 aromatic heterocycles. The van der Waals surface area contributed by atoms with E-state index < -0.39 is 0 Å². The first-order valence-electron chi connectivity index (χ1n) is 9.72. The molecule has 2 N–H and O–H groups in total. The lowest BCUT2D eigenvalue weighted by Crippen LogP contribution is -2.10. The quantitative estimate of drug-likeness (QED) is 0.675. The van der Waals surface area contributed by atoms with Gasteiger partial charge < -0.3 is 15.5 Å². The Morgan fingerprint density at radius 1 is 1.00 bits per heavy atom. The highest BCUT2D eigenvalue weighted by atomic mass is 16.1. The lowest BCUT2D eigenvalue weighted by Gasteiger charge is -2.15. The van der Waals surface area contributed by atoms with Gasteiger partial charge >= 0.3 is 0 Å². The van der Waals surface area contributed by atoms with Gasteiger partial charge in [-0.2, -0.15) is 0 Å². The second-order valence-electron chi connectivity index (χ2n) is 7.50. The summed E-state index contributed by atoms with van der Waals surface area (Å²) in [6, 6.07) is 10.1. The lowest BCUT2D eigenvalue weighted by molar-refractivity contribution is 0.0995. The number of nitrogens with one attached hydrogen (secondary N) is 2. The number of carbonyl (C=O) groups excluding carboxylic acids is 1. The molecule has 1 aliphatic carbocycles. The number of benzene rings is 1. The van der Waals surface area contributed by atoms with Crippen LogP contribution in [0.3, 0.4) is 0 Å². The van der Waals surface area contributed by atoms with Crippen LogP contribution in [0.1, 0.15) is 27.9 Å². The van der Waals surface area contributed by atoms with Crippen LogP contribution in [0.25, 0.3) is 11.1 Å². The second kappa shape index (κ2) is 7.54. The molecule has 2 heterocycles. The molecule has 0 unspecified atom stereocenters. The monoisotopic (exact) mass is 387 g/mol. The highest BCUT2D eigenvalue weighted by molar-refractivity contribution is 6.07. The van der Waals surface area contributed by atoms with E-state index in [1.165, 1.54) is 0 Å². The van der Waals surface area contributed by atoms with Crippen molar-refractivity contribution in [3.63, 3.8) is 0 Å². The molecular formula is C23H25N5O. The largest absolute Gasteiger partial charge is 0.388 e. The zero-order chi connectivity index (χ0) is 20.5. The Bertz CT molecular complexity index is 1070. The van der Waals surface area contributed by atoms with Crippen LogP contribution in [0.2, 0.25) is 0 Å². The molecule has 3 aromatic rings. The summed E-state index contributed by atoms with van der Waals surface area (Å²) in [4.78, 5) is 23.4. The Hall–Kier alpha value is -3.41. The molecule has 0 saturated carbocycles. The maximum atomic E-state index is 12.4. The van der Waals surface area contributed by atoms with Crippen molar-refractivity contribution < 1.29 is 4.79 Å². The third-order valence-corrected chi connectivity index (χ3v) is 5.34. The van der Waals surface area contributed by atoms with E-state index in [0.717, 1.165) is 57.2 Å². The Labute approximate surface area is 171 Å². The Kier molecular flexibility index (Phi) is 4.92. The minimum absolute atomic E-state index is 0.212. The first-order chi connectivity index (χ1) is 14.0. The molecule has 0 fully saturated rings. The molecule has 0 spiro atoms. The van der Waals surface area contributed by atoms with E-state index in [-0.39, 0.29) is 5.78 Å². The predicted molar refractivity (Wildman–Crippen MR) is 118 cm³/mol. The fourth-order valence-corrected chi connectivity index (χ4v) is 3.83. The smallest absolute Gasteiger partial charge is 0.165 e. The number of anilines is 4. The van der Waals surface area contributed by atoms with Gasteiger partial charge in [-0.05, 0) is 54.3 Å². The number of hydrogen-bond acceptors (Lipinski definition) is 6. The number of aryl methyl sites for hydroxylation is 1. The molecule has 1 aliphatic rings. The first-order valence-corrected chi connectivity index (χ1v) is 9.72. The van der Waals surface area contributed by atoms with Gasteiger partial charge in [-0.15, -0.1) is 0 Å². The van der Waals surface area contributed by atoms with Gasteiger partial charge in [0.15, 0.2) is 5.78 Å². The molecule has 4 rings (SSSR count). The lowest BCUT2D eigenvalue weighted by atomic mass is 9.94. The first kappa shape index (κ1) is 18.9. The van der Waals surface area contributed by atoms with Crippen LogP contribution in [0.4, 0.5) is 23.0 Å². The summed E-state index contributed by atoms with van der Waals surface area (Å²) in [6.07, 6.45) is 5.04. The van der Waals surface area contributed by atoms with Crippen molar-refractivity contribution >= 4 is 28.8 Å². The second-order valence-corrected chi connectivity index (χ2v) is 7.50. The van der Waals surface area contributed by atoms with E-state index in [1.807, 2.05) is 56.5 Å². The van der Waals surface area contributed by atoms with Gasteiger partial charge in [0.2, 0.25) is 0 Å². The summed E-state index contributed by atoms with van der Waals surface area (Å²) in [5.41, 5.74) is 7.02. The van der Waals surface area contributed by atoms with E-state index >= 15 is 0 Å². The molecule has 6 heteroatoms. The minimum Gasteiger partial charge on any atom is -0.388 e. The molecule has 0 amide bonds. The number of carbonyl (C=O) groups is 1. The summed E-state index contributed by atoms with van der Waals surface area (Å²) in [6.45, 7) is 2.07. The Morgan fingerprint density at radius 3 is 2.48 bits per heavy atom. The Morgan fingerprint density at radius 2 is 1.83 bits per heavy atom. The van der Waals surface area contributed by atoms with Crippen molar-refractivity contribution in [2.24, 2.45) is 0 Å². The van der Waals surface area contributed by atoms with Crippen LogP contribution in [0.15, 0.2) is 42.7 Å². The van der Waals surface area contributed by atoms with Gasteiger partial charge in [0, 0.05) is 50.6 Å². The molecule has 0 radical (unpaired) electrons. The number of Topliss-reactive ketones (excluding diaryl/α,β-unsaturated/α-hetero) is 1. The molecule has 0 atom stereocenters. The number of aromatic nitrogens is 2. The van der Waals surface area contributed by atoms with Gasteiger partial charge in [0.1, 0.15) is 11.6 Å². The van der Waals surface area contributed by atoms with Gasteiger partial charge in [0.05, 0.1) is 11.9 Å². The van der Waals surface area contributed by atoms with Crippen LogP contribution in [-0.2, 0) is 6.42 Å². The fraction of sp³-hybridized carbons (Fsp3) is 0.261. The van der Waals surface area contributed by atoms with Crippen LogP contribution >= 0.6 is 0 Å². The van der Waals surface area contributed by atoms with Crippen molar-refractivity contribution in [3.8, 4) is 11.1 Å². The molecule has 0 aliphatic heterocycles. The van der Waals surface area contributed by atoms with Gasteiger partial charge in [-0.1, -0.05) is 6.07 Å². The molecule has 0 bridgehead atoms. The van der Waals surface area contributed by atoms with E-state index in [4.69, 9.17) is 0 Å². The molecule has 148 valence electrons. The molecule has 0 saturated heterocycles. The van der Waals surface area contributed by atoms with Crippen molar-refractivity contribution in [2.45, 2.75) is 19.8 Å². The highest BCUT2D eigenvalue weighted by Crippen LogP contribution is 2.38. The van der Waals surface area contributed by atoms with Crippen molar-refractivity contribution in [1.29, 1.82) is 0 Å². The van der Waals surface area contributed by atoms with E-state index in [0.29, 0.717) is 6.42 Å². The molecule has 29 heavy (non-hydrogen) atoms. The summed E-state index contributed by atoms with van der Waals surface area (Å²) in [5, 5.41) is 6.45. The molecule has 6 nitrogen and oxygen atoms in total. The van der Waals surface area contributed by atoms with E-state index in [9.17, 15) is 4.79 Å². The number of nitrogens with zero attached hydrogens (tertiary/aromatic N) is 3. The van der Waals surface area contributed by atoms with E-state index in [2.05, 4.69) is 33.6 Å². The third kappa shape index (κ3) is 3.53.